The molecule has 1 aliphatic rings. The van der Waals surface area contributed by atoms with Gasteiger partial charge in [-0.15, -0.1) is 0 Å². The normalized spacial score (nSPS) is 26.2. The van der Waals surface area contributed by atoms with Crippen LogP contribution in [0.3, 0.4) is 0 Å². The van der Waals surface area contributed by atoms with Crippen molar-refractivity contribution in [1.29, 1.82) is 0 Å². The molecule has 1 fully saturated rings. The van der Waals surface area contributed by atoms with Crippen LogP contribution in [0.15, 0.2) is 18.7 Å². The molecule has 1 aromatic heterocycles. The lowest BCUT2D eigenvalue weighted by Crippen LogP contribution is -2.46. The van der Waals surface area contributed by atoms with Crippen molar-refractivity contribution in [3.63, 3.8) is 0 Å². The molecule has 1 aromatic rings. The highest BCUT2D eigenvalue weighted by Gasteiger charge is 2.24. The largest absolute Gasteiger partial charge is 0.337 e. The third kappa shape index (κ3) is 3.54. The van der Waals surface area contributed by atoms with Crippen molar-refractivity contribution in [2.45, 2.75) is 38.8 Å². The number of aryl methyl sites for hydroxylation is 1. The molecular formula is C13H24N4. The Balaban J connectivity index is 1.74. The van der Waals surface area contributed by atoms with Gasteiger partial charge in [-0.2, -0.15) is 0 Å². The first-order valence-corrected chi connectivity index (χ1v) is 6.69. The maximum atomic E-state index is 5.87. The van der Waals surface area contributed by atoms with E-state index in [1.165, 1.54) is 25.8 Å². The van der Waals surface area contributed by atoms with Gasteiger partial charge in [0.25, 0.3) is 0 Å². The Labute approximate surface area is 104 Å². The molecule has 1 aliphatic heterocycles. The lowest BCUT2D eigenvalue weighted by atomic mass is 9.92. The van der Waals surface area contributed by atoms with E-state index in [4.69, 9.17) is 5.73 Å². The molecule has 0 bridgehead atoms. The predicted molar refractivity (Wildman–Crippen MR) is 69.7 cm³/mol. The van der Waals surface area contributed by atoms with E-state index in [1.807, 2.05) is 18.7 Å². The summed E-state index contributed by atoms with van der Waals surface area (Å²) in [5.41, 5.74) is 5.87. The molecule has 4 heteroatoms. The second-order valence-electron chi connectivity index (χ2n) is 5.21. The van der Waals surface area contributed by atoms with Crippen LogP contribution in [0.1, 0.15) is 26.2 Å². The molecule has 0 radical (unpaired) electrons. The van der Waals surface area contributed by atoms with E-state index in [0.717, 1.165) is 25.6 Å². The van der Waals surface area contributed by atoms with E-state index in [-0.39, 0.29) is 0 Å². The molecule has 2 N–H and O–H groups in total. The van der Waals surface area contributed by atoms with Crippen molar-refractivity contribution in [1.82, 2.24) is 14.5 Å². The van der Waals surface area contributed by atoms with Gasteiger partial charge in [0.05, 0.1) is 6.33 Å². The van der Waals surface area contributed by atoms with E-state index in [1.54, 1.807) is 0 Å². The van der Waals surface area contributed by atoms with E-state index >= 15 is 0 Å². The Bertz CT molecular complexity index is 309. The number of nitrogens with two attached hydrogens (primary N) is 1. The Morgan fingerprint density at radius 3 is 3.00 bits per heavy atom. The van der Waals surface area contributed by atoms with Gasteiger partial charge in [0.1, 0.15) is 0 Å². The van der Waals surface area contributed by atoms with Gasteiger partial charge in [-0.1, -0.05) is 6.92 Å². The number of nitrogens with zero attached hydrogens (tertiary/aromatic N) is 3. The molecule has 0 saturated carbocycles. The van der Waals surface area contributed by atoms with E-state index < -0.39 is 0 Å². The summed E-state index contributed by atoms with van der Waals surface area (Å²) in [6.45, 7) is 6.57. The predicted octanol–water partition coefficient (Wildman–Crippen LogP) is 1.33. The topological polar surface area (TPSA) is 47.1 Å². The molecule has 2 unspecified atom stereocenters. The molecule has 2 rings (SSSR count). The fraction of sp³-hybridized carbons (Fsp3) is 0.769. The zero-order valence-corrected chi connectivity index (χ0v) is 10.8. The summed E-state index contributed by atoms with van der Waals surface area (Å²) >= 11 is 0. The monoisotopic (exact) mass is 236 g/mol. The fourth-order valence-electron chi connectivity index (χ4n) is 2.72. The standard InChI is InChI=1S/C13H24N4/c1-12-3-7-17(13(9-12)10-14)6-2-5-16-8-4-15-11-16/h4,8,11-13H,2-3,5-7,9-10,14H2,1H3. The summed E-state index contributed by atoms with van der Waals surface area (Å²) in [6, 6.07) is 0.599. The molecule has 2 atom stereocenters. The smallest absolute Gasteiger partial charge is 0.0945 e. The summed E-state index contributed by atoms with van der Waals surface area (Å²) in [7, 11) is 0. The van der Waals surface area contributed by atoms with Crippen LogP contribution in [0.5, 0.6) is 0 Å². The summed E-state index contributed by atoms with van der Waals surface area (Å²) < 4.78 is 2.14. The van der Waals surface area contributed by atoms with Crippen LogP contribution in [0, 0.1) is 5.92 Å². The summed E-state index contributed by atoms with van der Waals surface area (Å²) in [4.78, 5) is 6.62. The first-order chi connectivity index (χ1) is 8.29. The quantitative estimate of drug-likeness (QED) is 0.839. The number of hydrogen-bond acceptors (Lipinski definition) is 3. The van der Waals surface area contributed by atoms with Gasteiger partial charge in [0, 0.05) is 38.1 Å². The number of imidazole rings is 1. The minimum absolute atomic E-state index is 0.599. The SMILES string of the molecule is CC1CCN(CCCn2ccnc2)C(CN)C1. The zero-order chi connectivity index (χ0) is 12.1. The maximum Gasteiger partial charge on any atom is 0.0945 e. The number of aromatic nitrogens is 2. The van der Waals surface area contributed by atoms with Crippen molar-refractivity contribution in [2.75, 3.05) is 19.6 Å². The first-order valence-electron chi connectivity index (χ1n) is 6.69. The molecule has 0 aliphatic carbocycles. The molecule has 4 nitrogen and oxygen atoms in total. The molecule has 0 aromatic carbocycles. The minimum Gasteiger partial charge on any atom is -0.337 e. The molecule has 0 spiro atoms. The van der Waals surface area contributed by atoms with Crippen molar-refractivity contribution < 1.29 is 0 Å². The molecular weight excluding hydrogens is 212 g/mol. The zero-order valence-electron chi connectivity index (χ0n) is 10.8. The Hall–Kier alpha value is -0.870. The fourth-order valence-corrected chi connectivity index (χ4v) is 2.72. The highest BCUT2D eigenvalue weighted by molar-refractivity contribution is 4.81. The van der Waals surface area contributed by atoms with Crippen molar-refractivity contribution in [3.8, 4) is 0 Å². The number of piperidine rings is 1. The van der Waals surface area contributed by atoms with Gasteiger partial charge >= 0.3 is 0 Å². The van der Waals surface area contributed by atoms with E-state index in [2.05, 4.69) is 21.4 Å². The van der Waals surface area contributed by atoms with Crippen LogP contribution in [0.2, 0.25) is 0 Å². The second-order valence-corrected chi connectivity index (χ2v) is 5.21. The Morgan fingerprint density at radius 1 is 1.41 bits per heavy atom. The van der Waals surface area contributed by atoms with Gasteiger partial charge < -0.3 is 10.3 Å². The van der Waals surface area contributed by atoms with E-state index in [9.17, 15) is 0 Å². The lowest BCUT2D eigenvalue weighted by Gasteiger charge is -2.38. The van der Waals surface area contributed by atoms with Crippen LogP contribution in [0.25, 0.3) is 0 Å². The number of likely N-dealkylation sites (tertiary alicyclic amines) is 1. The van der Waals surface area contributed by atoms with Crippen LogP contribution in [-0.4, -0.2) is 40.1 Å². The Morgan fingerprint density at radius 2 is 2.29 bits per heavy atom. The number of rotatable bonds is 5. The van der Waals surface area contributed by atoms with Gasteiger partial charge in [-0.25, -0.2) is 4.98 Å². The summed E-state index contributed by atoms with van der Waals surface area (Å²) in [5.74, 6) is 0.841. The van der Waals surface area contributed by atoms with Gasteiger partial charge in [0.2, 0.25) is 0 Å². The highest BCUT2D eigenvalue weighted by Crippen LogP contribution is 2.21. The van der Waals surface area contributed by atoms with E-state index in [0.29, 0.717) is 6.04 Å². The second kappa shape index (κ2) is 6.17. The van der Waals surface area contributed by atoms with Crippen LogP contribution < -0.4 is 5.73 Å². The van der Waals surface area contributed by atoms with Crippen molar-refractivity contribution >= 4 is 0 Å². The van der Waals surface area contributed by atoms with Crippen LogP contribution >= 0.6 is 0 Å². The first kappa shape index (κ1) is 12.6. The van der Waals surface area contributed by atoms with Crippen LogP contribution in [0.4, 0.5) is 0 Å². The van der Waals surface area contributed by atoms with Gasteiger partial charge in [-0.05, 0) is 31.7 Å². The molecule has 17 heavy (non-hydrogen) atoms. The maximum absolute atomic E-state index is 5.87. The third-order valence-electron chi connectivity index (χ3n) is 3.79. The summed E-state index contributed by atoms with van der Waals surface area (Å²) in [6.07, 6.45) is 9.52. The van der Waals surface area contributed by atoms with Gasteiger partial charge in [0.15, 0.2) is 0 Å². The average molecular weight is 236 g/mol. The molecule has 1 saturated heterocycles. The molecule has 0 amide bonds. The van der Waals surface area contributed by atoms with Crippen molar-refractivity contribution in [2.24, 2.45) is 11.7 Å². The molecule has 96 valence electrons. The lowest BCUT2D eigenvalue weighted by molar-refractivity contribution is 0.119. The average Bonchev–Trinajstić information content (AvgIpc) is 2.84. The third-order valence-corrected chi connectivity index (χ3v) is 3.79. The van der Waals surface area contributed by atoms with Crippen LogP contribution in [-0.2, 0) is 6.54 Å². The Kier molecular flexibility index (Phi) is 4.57. The summed E-state index contributed by atoms with van der Waals surface area (Å²) in [5, 5.41) is 0. The van der Waals surface area contributed by atoms with Crippen molar-refractivity contribution in [3.05, 3.63) is 18.7 Å². The number of hydrogen-bond donors (Lipinski definition) is 1. The van der Waals surface area contributed by atoms with Gasteiger partial charge in [-0.3, -0.25) is 4.90 Å². The molecule has 2 heterocycles. The minimum atomic E-state index is 0.599. The highest BCUT2D eigenvalue weighted by atomic mass is 15.2.